The van der Waals surface area contributed by atoms with Crippen LogP contribution in [0.1, 0.15) is 41.4 Å². The molecule has 0 spiro atoms. The Morgan fingerprint density at radius 1 is 1.38 bits per heavy atom. The van der Waals surface area contributed by atoms with Crippen molar-refractivity contribution in [3.8, 4) is 0 Å². The molecule has 3 N–H and O–H groups in total. The summed E-state index contributed by atoms with van der Waals surface area (Å²) in [5.41, 5.74) is 10.2. The highest BCUT2D eigenvalue weighted by Gasteiger charge is 2.27. The number of aryl methyl sites for hydroxylation is 2. The van der Waals surface area contributed by atoms with Crippen molar-refractivity contribution in [1.29, 1.82) is 0 Å². The lowest BCUT2D eigenvalue weighted by Crippen LogP contribution is -2.48. The molecule has 0 radical (unpaired) electrons. The van der Waals surface area contributed by atoms with Crippen molar-refractivity contribution >= 4 is 16.8 Å². The van der Waals surface area contributed by atoms with Crippen molar-refractivity contribution in [2.24, 2.45) is 5.73 Å². The van der Waals surface area contributed by atoms with E-state index >= 15 is 0 Å². The van der Waals surface area contributed by atoms with E-state index in [0.717, 1.165) is 41.5 Å². The second-order valence-electron chi connectivity index (χ2n) is 6.27. The summed E-state index contributed by atoms with van der Waals surface area (Å²) in [4.78, 5) is 18.1. The molecular formula is C17H23N3O. The summed E-state index contributed by atoms with van der Waals surface area (Å²) in [7, 11) is 0. The van der Waals surface area contributed by atoms with Crippen LogP contribution in [0, 0.1) is 13.8 Å². The average molecular weight is 285 g/mol. The van der Waals surface area contributed by atoms with Gasteiger partial charge in [-0.1, -0.05) is 0 Å². The molecule has 2 unspecified atom stereocenters. The molecule has 0 saturated carbocycles. The smallest absolute Gasteiger partial charge is 0.254 e. The van der Waals surface area contributed by atoms with Gasteiger partial charge in [-0.05, 0) is 57.4 Å². The van der Waals surface area contributed by atoms with Crippen LogP contribution in [-0.4, -0.2) is 34.4 Å². The van der Waals surface area contributed by atoms with Crippen molar-refractivity contribution < 1.29 is 4.79 Å². The summed E-state index contributed by atoms with van der Waals surface area (Å²) in [5.74, 6) is 0.120. The molecule has 3 rings (SSSR count). The predicted octanol–water partition coefficient (Wildman–Crippen LogP) is 2.74. The lowest BCUT2D eigenvalue weighted by molar-refractivity contribution is 0.0619. The fraction of sp³-hybridized carbons (Fsp3) is 0.471. The van der Waals surface area contributed by atoms with Gasteiger partial charge in [0.25, 0.3) is 5.91 Å². The molecule has 2 aromatic rings. The van der Waals surface area contributed by atoms with E-state index in [1.54, 1.807) is 0 Å². The standard InChI is InChI=1S/C17H23N3O/c1-10-8-14(18)6-7-20(10)17(21)13-4-5-16-15(9-13)11(2)12(3)19-16/h4-5,9-10,14,19H,6-8,18H2,1-3H3. The topological polar surface area (TPSA) is 62.1 Å². The molecule has 2 atom stereocenters. The molecule has 1 aromatic carbocycles. The molecule has 4 nitrogen and oxygen atoms in total. The monoisotopic (exact) mass is 285 g/mol. The first-order valence-electron chi connectivity index (χ1n) is 7.63. The van der Waals surface area contributed by atoms with E-state index in [1.807, 2.05) is 23.1 Å². The maximum absolute atomic E-state index is 12.8. The summed E-state index contributed by atoms with van der Waals surface area (Å²) in [5, 5.41) is 1.14. The SMILES string of the molecule is Cc1[nH]c2ccc(C(=O)N3CCC(N)CC3C)cc2c1C. The maximum atomic E-state index is 12.8. The van der Waals surface area contributed by atoms with Gasteiger partial charge < -0.3 is 15.6 Å². The van der Waals surface area contributed by atoms with Gasteiger partial charge in [-0.3, -0.25) is 4.79 Å². The Balaban J connectivity index is 1.92. The summed E-state index contributed by atoms with van der Waals surface area (Å²) < 4.78 is 0. The highest BCUT2D eigenvalue weighted by molar-refractivity contribution is 5.99. The Kier molecular flexibility index (Phi) is 3.49. The fourth-order valence-corrected chi connectivity index (χ4v) is 3.27. The normalized spacial score (nSPS) is 22.8. The number of nitrogens with zero attached hydrogens (tertiary/aromatic N) is 1. The summed E-state index contributed by atoms with van der Waals surface area (Å²) in [6.07, 6.45) is 1.77. The number of fused-ring (bicyclic) bond motifs is 1. The van der Waals surface area contributed by atoms with E-state index in [2.05, 4.69) is 25.8 Å². The molecule has 0 bridgehead atoms. The number of nitrogens with two attached hydrogens (primary N) is 1. The van der Waals surface area contributed by atoms with Crippen LogP contribution in [0.3, 0.4) is 0 Å². The molecule has 2 heterocycles. The van der Waals surface area contributed by atoms with Crippen molar-refractivity contribution in [3.63, 3.8) is 0 Å². The van der Waals surface area contributed by atoms with Gasteiger partial charge in [0.2, 0.25) is 0 Å². The molecule has 1 saturated heterocycles. The number of amides is 1. The third-order valence-corrected chi connectivity index (χ3v) is 4.73. The first-order chi connectivity index (χ1) is 9.97. The van der Waals surface area contributed by atoms with Gasteiger partial charge in [-0.2, -0.15) is 0 Å². The number of rotatable bonds is 1. The molecule has 21 heavy (non-hydrogen) atoms. The molecule has 0 aliphatic carbocycles. The summed E-state index contributed by atoms with van der Waals surface area (Å²) in [6.45, 7) is 6.99. The minimum absolute atomic E-state index is 0.120. The minimum Gasteiger partial charge on any atom is -0.358 e. The highest BCUT2D eigenvalue weighted by Crippen LogP contribution is 2.24. The predicted molar refractivity (Wildman–Crippen MR) is 85.5 cm³/mol. The number of aromatic nitrogens is 1. The Morgan fingerprint density at radius 2 is 2.14 bits per heavy atom. The van der Waals surface area contributed by atoms with E-state index in [-0.39, 0.29) is 18.0 Å². The van der Waals surface area contributed by atoms with Gasteiger partial charge in [0.15, 0.2) is 0 Å². The van der Waals surface area contributed by atoms with Crippen molar-refractivity contribution in [1.82, 2.24) is 9.88 Å². The average Bonchev–Trinajstić information content (AvgIpc) is 2.73. The highest BCUT2D eigenvalue weighted by atomic mass is 16.2. The van der Waals surface area contributed by atoms with E-state index in [1.165, 1.54) is 5.56 Å². The van der Waals surface area contributed by atoms with E-state index in [4.69, 9.17) is 5.73 Å². The number of carbonyl (C=O) groups is 1. The summed E-state index contributed by atoms with van der Waals surface area (Å²) >= 11 is 0. The van der Waals surface area contributed by atoms with Gasteiger partial charge in [0.05, 0.1) is 0 Å². The molecular weight excluding hydrogens is 262 g/mol. The number of piperidine rings is 1. The number of H-pyrrole nitrogens is 1. The molecule has 1 aliphatic rings. The molecule has 112 valence electrons. The van der Waals surface area contributed by atoms with E-state index in [0.29, 0.717) is 0 Å². The number of hydrogen-bond acceptors (Lipinski definition) is 2. The molecule has 4 heteroatoms. The fourth-order valence-electron chi connectivity index (χ4n) is 3.27. The van der Waals surface area contributed by atoms with E-state index in [9.17, 15) is 4.79 Å². The molecule has 1 aliphatic heterocycles. The van der Waals surface area contributed by atoms with Crippen molar-refractivity contribution in [3.05, 3.63) is 35.0 Å². The lowest BCUT2D eigenvalue weighted by Gasteiger charge is -2.36. The van der Waals surface area contributed by atoms with Crippen LogP contribution in [-0.2, 0) is 0 Å². The van der Waals surface area contributed by atoms with Gasteiger partial charge in [0.1, 0.15) is 0 Å². The van der Waals surface area contributed by atoms with Gasteiger partial charge in [-0.15, -0.1) is 0 Å². The number of likely N-dealkylation sites (tertiary alicyclic amines) is 1. The van der Waals surface area contributed by atoms with E-state index < -0.39 is 0 Å². The van der Waals surface area contributed by atoms with Crippen LogP contribution >= 0.6 is 0 Å². The number of benzene rings is 1. The number of aromatic amines is 1. The second kappa shape index (κ2) is 5.19. The molecule has 1 aromatic heterocycles. The third-order valence-electron chi connectivity index (χ3n) is 4.73. The number of nitrogens with one attached hydrogen (secondary N) is 1. The molecule has 1 fully saturated rings. The zero-order valence-corrected chi connectivity index (χ0v) is 12.9. The van der Waals surface area contributed by atoms with Crippen LogP contribution in [0.15, 0.2) is 18.2 Å². The first-order valence-corrected chi connectivity index (χ1v) is 7.63. The minimum atomic E-state index is 0.120. The van der Waals surface area contributed by atoms with Gasteiger partial charge in [-0.25, -0.2) is 0 Å². The maximum Gasteiger partial charge on any atom is 0.254 e. The van der Waals surface area contributed by atoms with Crippen LogP contribution < -0.4 is 5.73 Å². The Hall–Kier alpha value is -1.81. The largest absolute Gasteiger partial charge is 0.358 e. The number of carbonyl (C=O) groups excluding carboxylic acids is 1. The molecule has 1 amide bonds. The van der Waals surface area contributed by atoms with Gasteiger partial charge >= 0.3 is 0 Å². The Bertz CT molecular complexity index is 689. The van der Waals surface area contributed by atoms with Crippen LogP contribution in [0.25, 0.3) is 10.9 Å². The van der Waals surface area contributed by atoms with Crippen molar-refractivity contribution in [2.45, 2.75) is 45.7 Å². The zero-order chi connectivity index (χ0) is 15.1. The second-order valence-corrected chi connectivity index (χ2v) is 6.27. The summed E-state index contributed by atoms with van der Waals surface area (Å²) in [6, 6.07) is 6.37. The number of hydrogen-bond donors (Lipinski definition) is 2. The quantitative estimate of drug-likeness (QED) is 0.846. The zero-order valence-electron chi connectivity index (χ0n) is 12.9. The Morgan fingerprint density at radius 3 is 2.86 bits per heavy atom. The first kappa shape index (κ1) is 14.1. The van der Waals surface area contributed by atoms with Crippen molar-refractivity contribution in [2.75, 3.05) is 6.54 Å². The van der Waals surface area contributed by atoms with Gasteiger partial charge in [0, 0.05) is 40.8 Å². The van der Waals surface area contributed by atoms with Crippen LogP contribution in [0.4, 0.5) is 0 Å². The van der Waals surface area contributed by atoms with Crippen LogP contribution in [0.2, 0.25) is 0 Å². The van der Waals surface area contributed by atoms with Crippen LogP contribution in [0.5, 0.6) is 0 Å². The lowest BCUT2D eigenvalue weighted by atomic mass is 9.98. The third kappa shape index (κ3) is 2.44. The Labute approximate surface area is 125 Å².